The Labute approximate surface area is 128 Å². The van der Waals surface area contributed by atoms with E-state index < -0.39 is 0 Å². The summed E-state index contributed by atoms with van der Waals surface area (Å²) >= 11 is 5.80. The molecule has 0 saturated carbocycles. The van der Waals surface area contributed by atoms with E-state index in [0.29, 0.717) is 16.5 Å². The number of urea groups is 1. The number of nitrogens with one attached hydrogen (secondary N) is 2. The molecule has 2 aromatic heterocycles. The van der Waals surface area contributed by atoms with Crippen molar-refractivity contribution in [3.05, 3.63) is 40.9 Å². The van der Waals surface area contributed by atoms with E-state index in [0.717, 1.165) is 12.1 Å². The van der Waals surface area contributed by atoms with Gasteiger partial charge in [-0.15, -0.1) is 0 Å². The van der Waals surface area contributed by atoms with Crippen LogP contribution in [0.1, 0.15) is 30.8 Å². The first kappa shape index (κ1) is 15.3. The van der Waals surface area contributed by atoms with Gasteiger partial charge in [-0.2, -0.15) is 5.10 Å². The fourth-order valence-electron chi connectivity index (χ4n) is 2.09. The summed E-state index contributed by atoms with van der Waals surface area (Å²) in [7, 11) is 1.85. The van der Waals surface area contributed by atoms with Crippen molar-refractivity contribution in [3.8, 4) is 0 Å². The minimum atomic E-state index is -0.282. The van der Waals surface area contributed by atoms with E-state index in [1.165, 1.54) is 0 Å². The lowest BCUT2D eigenvalue weighted by atomic mass is 10.1. The van der Waals surface area contributed by atoms with Gasteiger partial charge in [0.1, 0.15) is 5.15 Å². The third kappa shape index (κ3) is 3.72. The predicted octanol–water partition coefficient (Wildman–Crippen LogP) is 3.05. The molecule has 0 spiro atoms. The Morgan fingerprint density at radius 1 is 1.43 bits per heavy atom. The zero-order valence-corrected chi connectivity index (χ0v) is 13.0. The molecule has 1 atom stereocenters. The van der Waals surface area contributed by atoms with E-state index in [4.69, 9.17) is 11.6 Å². The molecule has 0 radical (unpaired) electrons. The molecule has 6 nitrogen and oxygen atoms in total. The molecular weight excluding hydrogens is 290 g/mol. The van der Waals surface area contributed by atoms with Crippen LogP contribution in [0.25, 0.3) is 0 Å². The minimum absolute atomic E-state index is 0.0990. The standard InChI is InChI=1S/C14H18ClN5O/c1-4-10(12-7-8-16-20(12)3)18-14(21)19-11-5-6-13(15)17-9(11)2/h5-8,10H,4H2,1-3H3,(H2,18,19,21)/t10-/m0/s1. The fourth-order valence-corrected chi connectivity index (χ4v) is 2.28. The van der Waals surface area contributed by atoms with Gasteiger partial charge >= 0.3 is 6.03 Å². The van der Waals surface area contributed by atoms with E-state index in [9.17, 15) is 4.79 Å². The molecule has 0 aliphatic rings. The molecule has 2 amide bonds. The second-order valence-electron chi connectivity index (χ2n) is 4.71. The molecule has 2 rings (SSSR count). The minimum Gasteiger partial charge on any atom is -0.330 e. The van der Waals surface area contributed by atoms with Gasteiger partial charge in [-0.05, 0) is 31.5 Å². The van der Waals surface area contributed by atoms with Crippen LogP contribution in [0, 0.1) is 6.92 Å². The Bertz CT molecular complexity index is 640. The van der Waals surface area contributed by atoms with Gasteiger partial charge in [0.25, 0.3) is 0 Å². The Balaban J connectivity index is 2.05. The second-order valence-corrected chi connectivity index (χ2v) is 5.09. The Kier molecular flexibility index (Phi) is 4.80. The molecule has 2 N–H and O–H groups in total. The average Bonchev–Trinajstić information content (AvgIpc) is 2.85. The van der Waals surface area contributed by atoms with Gasteiger partial charge < -0.3 is 10.6 Å². The SMILES string of the molecule is CC[C@H](NC(=O)Nc1ccc(Cl)nc1C)c1ccnn1C. The number of anilines is 1. The number of aromatic nitrogens is 3. The van der Waals surface area contributed by atoms with Gasteiger partial charge in [0.05, 0.1) is 23.1 Å². The van der Waals surface area contributed by atoms with Crippen molar-refractivity contribution in [2.75, 3.05) is 5.32 Å². The normalized spacial score (nSPS) is 12.0. The summed E-state index contributed by atoms with van der Waals surface area (Å²) in [6, 6.07) is 4.88. The van der Waals surface area contributed by atoms with E-state index in [1.54, 1.807) is 29.9 Å². The zero-order valence-electron chi connectivity index (χ0n) is 12.2. The zero-order chi connectivity index (χ0) is 15.4. The molecule has 0 bridgehead atoms. The molecule has 0 unspecified atom stereocenters. The van der Waals surface area contributed by atoms with Crippen LogP contribution in [0.4, 0.5) is 10.5 Å². The number of hydrogen-bond donors (Lipinski definition) is 2. The number of nitrogens with zero attached hydrogens (tertiary/aromatic N) is 3. The lowest BCUT2D eigenvalue weighted by molar-refractivity contribution is 0.247. The molecule has 112 valence electrons. The molecule has 0 aliphatic carbocycles. The molecule has 0 aliphatic heterocycles. The van der Waals surface area contributed by atoms with Gasteiger partial charge in [-0.25, -0.2) is 9.78 Å². The maximum Gasteiger partial charge on any atom is 0.319 e. The van der Waals surface area contributed by atoms with Crippen molar-refractivity contribution in [2.24, 2.45) is 7.05 Å². The summed E-state index contributed by atoms with van der Waals surface area (Å²) in [4.78, 5) is 16.2. The summed E-state index contributed by atoms with van der Waals surface area (Å²) in [6.07, 6.45) is 2.48. The summed E-state index contributed by atoms with van der Waals surface area (Å²) in [5.74, 6) is 0. The Morgan fingerprint density at radius 2 is 2.19 bits per heavy atom. The maximum absolute atomic E-state index is 12.1. The van der Waals surface area contributed by atoms with Crippen molar-refractivity contribution in [2.45, 2.75) is 26.3 Å². The molecule has 21 heavy (non-hydrogen) atoms. The van der Waals surface area contributed by atoms with Crippen molar-refractivity contribution >= 4 is 23.3 Å². The number of carbonyl (C=O) groups is 1. The molecule has 0 aromatic carbocycles. The largest absolute Gasteiger partial charge is 0.330 e. The highest BCUT2D eigenvalue weighted by molar-refractivity contribution is 6.29. The number of pyridine rings is 1. The van der Waals surface area contributed by atoms with Crippen LogP contribution in [0.15, 0.2) is 24.4 Å². The fraction of sp³-hybridized carbons (Fsp3) is 0.357. The highest BCUT2D eigenvalue weighted by Crippen LogP contribution is 2.18. The predicted molar refractivity (Wildman–Crippen MR) is 82.4 cm³/mol. The number of amides is 2. The lowest BCUT2D eigenvalue weighted by Gasteiger charge is -2.18. The summed E-state index contributed by atoms with van der Waals surface area (Å²) < 4.78 is 1.75. The van der Waals surface area contributed by atoms with E-state index in [1.807, 2.05) is 20.0 Å². The van der Waals surface area contributed by atoms with Crippen LogP contribution >= 0.6 is 11.6 Å². The van der Waals surface area contributed by atoms with E-state index in [2.05, 4.69) is 20.7 Å². The first-order chi connectivity index (χ1) is 10.0. The van der Waals surface area contributed by atoms with Crippen LogP contribution in [0.2, 0.25) is 5.15 Å². The van der Waals surface area contributed by atoms with Crippen LogP contribution in [-0.4, -0.2) is 20.8 Å². The number of aryl methyl sites for hydroxylation is 2. The topological polar surface area (TPSA) is 71.8 Å². The van der Waals surface area contributed by atoms with Crippen LogP contribution in [0.3, 0.4) is 0 Å². The van der Waals surface area contributed by atoms with E-state index in [-0.39, 0.29) is 12.1 Å². The first-order valence-corrected chi connectivity index (χ1v) is 7.07. The monoisotopic (exact) mass is 307 g/mol. The van der Waals surface area contributed by atoms with Crippen LogP contribution in [0.5, 0.6) is 0 Å². The van der Waals surface area contributed by atoms with Gasteiger partial charge in [0.2, 0.25) is 0 Å². The third-order valence-electron chi connectivity index (χ3n) is 3.23. The second kappa shape index (κ2) is 6.58. The molecule has 0 fully saturated rings. The molecule has 0 saturated heterocycles. The lowest BCUT2D eigenvalue weighted by Crippen LogP contribution is -2.33. The Hall–Kier alpha value is -2.08. The van der Waals surface area contributed by atoms with Gasteiger partial charge in [0.15, 0.2) is 0 Å². The van der Waals surface area contributed by atoms with Crippen LogP contribution < -0.4 is 10.6 Å². The highest BCUT2D eigenvalue weighted by Gasteiger charge is 2.16. The summed E-state index contributed by atoms with van der Waals surface area (Å²) in [6.45, 7) is 3.80. The number of rotatable bonds is 4. The molecule has 2 aromatic rings. The summed E-state index contributed by atoms with van der Waals surface area (Å²) in [5.41, 5.74) is 2.27. The number of halogens is 1. The number of hydrogen-bond acceptors (Lipinski definition) is 3. The quantitative estimate of drug-likeness (QED) is 0.853. The smallest absolute Gasteiger partial charge is 0.319 e. The van der Waals surface area contributed by atoms with E-state index >= 15 is 0 Å². The molecule has 7 heteroatoms. The third-order valence-corrected chi connectivity index (χ3v) is 3.44. The average molecular weight is 308 g/mol. The number of carbonyl (C=O) groups excluding carboxylic acids is 1. The van der Waals surface area contributed by atoms with Crippen LogP contribution in [-0.2, 0) is 7.05 Å². The van der Waals surface area contributed by atoms with Gasteiger partial charge in [0, 0.05) is 13.2 Å². The van der Waals surface area contributed by atoms with Crippen molar-refractivity contribution in [3.63, 3.8) is 0 Å². The highest BCUT2D eigenvalue weighted by atomic mass is 35.5. The van der Waals surface area contributed by atoms with Gasteiger partial charge in [-0.1, -0.05) is 18.5 Å². The molecular formula is C14H18ClN5O. The molecule has 2 heterocycles. The van der Waals surface area contributed by atoms with Gasteiger partial charge in [-0.3, -0.25) is 4.68 Å². The summed E-state index contributed by atoms with van der Waals surface area (Å²) in [5, 5.41) is 10.2. The Morgan fingerprint density at radius 3 is 2.76 bits per heavy atom. The first-order valence-electron chi connectivity index (χ1n) is 6.69. The van der Waals surface area contributed by atoms with Crippen molar-refractivity contribution in [1.82, 2.24) is 20.1 Å². The van der Waals surface area contributed by atoms with Crippen molar-refractivity contribution in [1.29, 1.82) is 0 Å². The van der Waals surface area contributed by atoms with Crippen molar-refractivity contribution < 1.29 is 4.79 Å². The maximum atomic E-state index is 12.1.